The average molecular weight is 576 g/mol. The van der Waals surface area contributed by atoms with Crippen LogP contribution < -0.4 is 0 Å². The number of benzene rings is 6. The van der Waals surface area contributed by atoms with Gasteiger partial charge in [0.25, 0.3) is 0 Å². The summed E-state index contributed by atoms with van der Waals surface area (Å²) in [7, 11) is 0. The Morgan fingerprint density at radius 2 is 0.978 bits per heavy atom. The maximum absolute atomic E-state index is 6.43. The van der Waals surface area contributed by atoms with Crippen molar-refractivity contribution < 1.29 is 4.42 Å². The van der Waals surface area contributed by atoms with E-state index in [9.17, 15) is 0 Å². The quantitative estimate of drug-likeness (QED) is 0.209. The minimum Gasteiger partial charge on any atom is -0.455 e. The maximum Gasteiger partial charge on any atom is 0.160 e. The highest BCUT2D eigenvalue weighted by Crippen LogP contribution is 2.40. The second kappa shape index (κ2) is 10.2. The van der Waals surface area contributed by atoms with Crippen molar-refractivity contribution in [1.29, 1.82) is 0 Å². The third-order valence-corrected chi connectivity index (χ3v) is 8.48. The predicted octanol–water partition coefficient (Wildman–Crippen LogP) is 10.7. The number of para-hydroxylation sites is 3. The zero-order chi connectivity index (χ0) is 29.7. The number of hydrogen-bond donors (Lipinski definition) is 0. The molecule has 9 aromatic rings. The molecule has 0 aliphatic carbocycles. The molecule has 0 spiro atoms. The lowest BCUT2D eigenvalue weighted by Crippen LogP contribution is -1.96. The molecule has 0 radical (unpaired) electrons. The van der Waals surface area contributed by atoms with Crippen molar-refractivity contribution in [3.8, 4) is 45.0 Å². The number of furan rings is 1. The summed E-state index contributed by atoms with van der Waals surface area (Å²) < 4.78 is 6.43. The van der Waals surface area contributed by atoms with Gasteiger partial charge >= 0.3 is 0 Å². The van der Waals surface area contributed by atoms with Crippen molar-refractivity contribution >= 4 is 43.7 Å². The molecule has 0 bridgehead atoms. The van der Waals surface area contributed by atoms with Gasteiger partial charge in [0.15, 0.2) is 5.82 Å². The highest BCUT2D eigenvalue weighted by molar-refractivity contribution is 6.19. The number of hydrogen-bond acceptors (Lipinski definition) is 4. The van der Waals surface area contributed by atoms with Gasteiger partial charge in [-0.2, -0.15) is 0 Å². The van der Waals surface area contributed by atoms with Crippen LogP contribution >= 0.6 is 0 Å². The van der Waals surface area contributed by atoms with E-state index in [2.05, 4.69) is 97.1 Å². The van der Waals surface area contributed by atoms with E-state index in [-0.39, 0.29) is 0 Å². The fraction of sp³-hybridized carbons (Fsp3) is 0. The minimum absolute atomic E-state index is 0.673. The topological polar surface area (TPSA) is 51.8 Å². The van der Waals surface area contributed by atoms with Crippen LogP contribution in [0.5, 0.6) is 0 Å². The molecule has 0 unspecified atom stereocenters. The summed E-state index contributed by atoms with van der Waals surface area (Å²) in [5, 5.41) is 4.09. The van der Waals surface area contributed by atoms with Crippen LogP contribution in [0.2, 0.25) is 0 Å². The number of pyridine rings is 1. The normalized spacial score (nSPS) is 11.6. The Kier molecular flexibility index (Phi) is 5.78. The lowest BCUT2D eigenvalue weighted by molar-refractivity contribution is 0.672. The van der Waals surface area contributed by atoms with E-state index in [1.807, 2.05) is 54.6 Å². The van der Waals surface area contributed by atoms with Gasteiger partial charge in [-0.15, -0.1) is 0 Å². The summed E-state index contributed by atoms with van der Waals surface area (Å²) in [5.74, 6) is 0.673. The Balaban J connectivity index is 1.22. The molecular weight excluding hydrogens is 550 g/mol. The molecule has 0 amide bonds. The first-order valence-electron chi connectivity index (χ1n) is 15.0. The van der Waals surface area contributed by atoms with Gasteiger partial charge in [0.1, 0.15) is 11.2 Å². The highest BCUT2D eigenvalue weighted by Gasteiger charge is 2.19. The summed E-state index contributed by atoms with van der Waals surface area (Å²) in [6.45, 7) is 0. The highest BCUT2D eigenvalue weighted by atomic mass is 16.3. The molecule has 0 atom stereocenters. The van der Waals surface area contributed by atoms with Crippen molar-refractivity contribution in [1.82, 2.24) is 15.0 Å². The first-order valence-corrected chi connectivity index (χ1v) is 15.0. The third-order valence-electron chi connectivity index (χ3n) is 8.48. The summed E-state index contributed by atoms with van der Waals surface area (Å²) in [4.78, 5) is 15.4. The smallest absolute Gasteiger partial charge is 0.160 e. The fourth-order valence-electron chi connectivity index (χ4n) is 6.30. The zero-order valence-corrected chi connectivity index (χ0v) is 24.2. The Morgan fingerprint density at radius 3 is 1.80 bits per heavy atom. The molecule has 0 aliphatic heterocycles. The van der Waals surface area contributed by atoms with Crippen molar-refractivity contribution in [2.24, 2.45) is 0 Å². The van der Waals surface area contributed by atoms with Crippen LogP contribution in [0.4, 0.5) is 0 Å². The molecule has 0 saturated heterocycles. The lowest BCUT2D eigenvalue weighted by Gasteiger charge is -2.11. The van der Waals surface area contributed by atoms with E-state index in [0.717, 1.165) is 71.8 Å². The molecule has 0 saturated carbocycles. The Hall–Kier alpha value is -6.13. The minimum atomic E-state index is 0.673. The molecule has 4 heteroatoms. The van der Waals surface area contributed by atoms with Gasteiger partial charge in [0, 0.05) is 32.8 Å². The van der Waals surface area contributed by atoms with Crippen LogP contribution in [0.25, 0.3) is 88.8 Å². The van der Waals surface area contributed by atoms with Crippen LogP contribution in [-0.4, -0.2) is 15.0 Å². The third kappa shape index (κ3) is 4.27. The number of fused-ring (bicyclic) bond motifs is 6. The van der Waals surface area contributed by atoms with Crippen LogP contribution in [0.3, 0.4) is 0 Å². The summed E-state index contributed by atoms with van der Waals surface area (Å²) in [6.07, 6.45) is 0. The van der Waals surface area contributed by atoms with Gasteiger partial charge in [-0.1, -0.05) is 121 Å². The zero-order valence-electron chi connectivity index (χ0n) is 24.2. The lowest BCUT2D eigenvalue weighted by atomic mass is 9.99. The summed E-state index contributed by atoms with van der Waals surface area (Å²) in [5.41, 5.74) is 10.6. The molecule has 3 aromatic heterocycles. The van der Waals surface area contributed by atoms with Crippen LogP contribution in [-0.2, 0) is 0 Å². The first kappa shape index (κ1) is 25.4. The standard InChI is InChI=1S/C41H25N3O/c1-2-11-26(12-3-1)27-21-23-28(24-22-27)38-31-15-4-7-18-34(31)43-41(44-38)30-14-10-13-29(25-30)39-37-33-17-6-9-20-36(33)45-40(37)32-16-5-8-19-35(32)42-39/h1-25H. The molecule has 0 aliphatic rings. The summed E-state index contributed by atoms with van der Waals surface area (Å²) >= 11 is 0. The van der Waals surface area contributed by atoms with Crippen molar-refractivity contribution in [3.63, 3.8) is 0 Å². The van der Waals surface area contributed by atoms with Crippen molar-refractivity contribution in [2.45, 2.75) is 0 Å². The van der Waals surface area contributed by atoms with Crippen molar-refractivity contribution in [2.75, 3.05) is 0 Å². The second-order valence-electron chi connectivity index (χ2n) is 11.2. The largest absolute Gasteiger partial charge is 0.455 e. The van der Waals surface area contributed by atoms with Gasteiger partial charge in [-0.05, 0) is 41.5 Å². The molecule has 210 valence electrons. The second-order valence-corrected chi connectivity index (χ2v) is 11.2. The van der Waals surface area contributed by atoms with E-state index in [1.165, 1.54) is 11.1 Å². The Bertz CT molecular complexity index is 2530. The first-order chi connectivity index (χ1) is 22.3. The van der Waals surface area contributed by atoms with E-state index in [4.69, 9.17) is 19.4 Å². The van der Waals surface area contributed by atoms with Crippen molar-refractivity contribution in [3.05, 3.63) is 152 Å². The Morgan fingerprint density at radius 1 is 0.378 bits per heavy atom. The van der Waals surface area contributed by atoms with Crippen LogP contribution in [0.1, 0.15) is 0 Å². The maximum atomic E-state index is 6.43. The van der Waals surface area contributed by atoms with E-state index >= 15 is 0 Å². The van der Waals surface area contributed by atoms with E-state index in [0.29, 0.717) is 5.82 Å². The number of nitrogens with zero attached hydrogens (tertiary/aromatic N) is 3. The average Bonchev–Trinajstić information content (AvgIpc) is 3.51. The van der Waals surface area contributed by atoms with Gasteiger partial charge in [-0.3, -0.25) is 0 Å². The Labute approximate surface area is 259 Å². The molecule has 0 N–H and O–H groups in total. The van der Waals surface area contributed by atoms with Gasteiger partial charge in [0.2, 0.25) is 0 Å². The summed E-state index contributed by atoms with van der Waals surface area (Å²) in [6, 6.07) is 52.0. The van der Waals surface area contributed by atoms with Gasteiger partial charge < -0.3 is 4.42 Å². The molecule has 9 rings (SSSR count). The van der Waals surface area contributed by atoms with Gasteiger partial charge in [-0.25, -0.2) is 15.0 Å². The molecule has 6 aromatic carbocycles. The molecule has 0 fully saturated rings. The van der Waals surface area contributed by atoms with Gasteiger partial charge in [0.05, 0.1) is 27.8 Å². The van der Waals surface area contributed by atoms with E-state index in [1.54, 1.807) is 0 Å². The van der Waals surface area contributed by atoms with E-state index < -0.39 is 0 Å². The van der Waals surface area contributed by atoms with Crippen LogP contribution in [0, 0.1) is 0 Å². The molecule has 3 heterocycles. The molecule has 45 heavy (non-hydrogen) atoms. The molecular formula is C41H25N3O. The SMILES string of the molecule is c1ccc(-c2ccc(-c3nc(-c4cccc(-c5nc6ccccc6c6oc7ccccc7c56)c4)nc4ccccc34)cc2)cc1. The fourth-order valence-corrected chi connectivity index (χ4v) is 6.30. The number of rotatable bonds is 4. The monoisotopic (exact) mass is 575 g/mol. The molecule has 4 nitrogen and oxygen atoms in total. The number of aromatic nitrogens is 3. The van der Waals surface area contributed by atoms with Crippen LogP contribution in [0.15, 0.2) is 156 Å². The predicted molar refractivity (Wildman–Crippen MR) is 184 cm³/mol.